The lowest BCUT2D eigenvalue weighted by atomic mass is 9.89. The molecule has 2 aromatic carbocycles. The monoisotopic (exact) mass is 377 g/mol. The molecule has 0 aliphatic carbocycles. The molecule has 0 spiro atoms. The predicted molar refractivity (Wildman–Crippen MR) is 113 cm³/mol. The minimum Gasteiger partial charge on any atom is -0.371 e. The largest absolute Gasteiger partial charge is 0.371 e. The van der Waals surface area contributed by atoms with Gasteiger partial charge in [0.25, 0.3) is 0 Å². The minimum atomic E-state index is -0.153. The first-order valence-corrected chi connectivity index (χ1v) is 10.1. The maximum absolute atomic E-state index is 12.4. The van der Waals surface area contributed by atoms with Crippen LogP contribution in [0, 0.1) is 12.8 Å². The Hall–Kier alpha value is -2.82. The fraction of sp³-hybridized carbons (Fsp3) is 0.391. The second-order valence-electron chi connectivity index (χ2n) is 7.83. The van der Waals surface area contributed by atoms with E-state index >= 15 is 0 Å². The molecule has 0 radical (unpaired) electrons. The lowest BCUT2D eigenvalue weighted by Crippen LogP contribution is -2.30. The number of benzene rings is 2. The highest BCUT2D eigenvalue weighted by Gasteiger charge is 2.26. The van der Waals surface area contributed by atoms with Crippen molar-refractivity contribution in [1.82, 2.24) is 0 Å². The third-order valence-corrected chi connectivity index (χ3v) is 5.76. The van der Waals surface area contributed by atoms with Gasteiger partial charge in [0, 0.05) is 42.5 Å². The Bertz CT molecular complexity index is 887. The maximum Gasteiger partial charge on any atom is 0.227 e. The van der Waals surface area contributed by atoms with Crippen molar-refractivity contribution in [2.45, 2.75) is 39.0 Å². The number of aryl methyl sites for hydroxylation is 1. The number of carbonyl (C=O) groups is 2. The van der Waals surface area contributed by atoms with Crippen molar-refractivity contribution in [3.63, 3.8) is 0 Å². The van der Waals surface area contributed by atoms with Crippen LogP contribution in [-0.4, -0.2) is 24.9 Å². The van der Waals surface area contributed by atoms with Gasteiger partial charge in [-0.2, -0.15) is 0 Å². The number of nitrogens with zero attached hydrogens (tertiary/aromatic N) is 1. The van der Waals surface area contributed by atoms with Crippen LogP contribution in [0.15, 0.2) is 42.5 Å². The number of para-hydroxylation sites is 1. The molecule has 1 atom stereocenters. The molecular formula is C23H27N3O2. The van der Waals surface area contributed by atoms with Crippen molar-refractivity contribution in [3.05, 3.63) is 53.6 Å². The van der Waals surface area contributed by atoms with Gasteiger partial charge in [0.15, 0.2) is 0 Å². The quantitative estimate of drug-likeness (QED) is 0.824. The topological polar surface area (TPSA) is 61.4 Å². The molecule has 0 bridgehead atoms. The second kappa shape index (κ2) is 8.05. The van der Waals surface area contributed by atoms with Gasteiger partial charge in [-0.3, -0.25) is 9.59 Å². The zero-order valence-electron chi connectivity index (χ0n) is 16.3. The van der Waals surface area contributed by atoms with Gasteiger partial charge in [-0.25, -0.2) is 0 Å². The normalized spacial score (nSPS) is 18.5. The molecule has 2 N–H and O–H groups in total. The predicted octanol–water partition coefficient (Wildman–Crippen LogP) is 4.12. The van der Waals surface area contributed by atoms with Crippen molar-refractivity contribution < 1.29 is 9.59 Å². The molecule has 146 valence electrons. The number of hydrogen-bond donors (Lipinski definition) is 2. The molecule has 5 heteroatoms. The van der Waals surface area contributed by atoms with E-state index in [0.29, 0.717) is 19.3 Å². The Labute approximate surface area is 166 Å². The third kappa shape index (κ3) is 4.03. The van der Waals surface area contributed by atoms with Crippen LogP contribution in [0.2, 0.25) is 0 Å². The molecule has 1 fully saturated rings. The lowest BCUT2D eigenvalue weighted by Gasteiger charge is -2.24. The summed E-state index contributed by atoms with van der Waals surface area (Å²) < 4.78 is 0. The molecule has 2 aliphatic heterocycles. The highest BCUT2D eigenvalue weighted by molar-refractivity contribution is 5.96. The molecule has 4 rings (SSSR count). The Morgan fingerprint density at radius 3 is 2.75 bits per heavy atom. The Morgan fingerprint density at radius 2 is 1.96 bits per heavy atom. The van der Waals surface area contributed by atoms with Crippen LogP contribution in [0.1, 0.15) is 36.8 Å². The Balaban J connectivity index is 1.32. The molecule has 2 aromatic rings. The number of hydrogen-bond acceptors (Lipinski definition) is 3. The first kappa shape index (κ1) is 18.5. The third-order valence-electron chi connectivity index (χ3n) is 5.76. The van der Waals surface area contributed by atoms with Crippen molar-refractivity contribution in [2.24, 2.45) is 5.92 Å². The van der Waals surface area contributed by atoms with Crippen LogP contribution in [0.4, 0.5) is 17.1 Å². The molecule has 1 saturated heterocycles. The van der Waals surface area contributed by atoms with E-state index in [1.807, 2.05) is 36.4 Å². The first-order chi connectivity index (χ1) is 13.6. The second-order valence-corrected chi connectivity index (χ2v) is 7.83. The van der Waals surface area contributed by atoms with Crippen LogP contribution >= 0.6 is 0 Å². The van der Waals surface area contributed by atoms with Crippen molar-refractivity contribution in [3.8, 4) is 0 Å². The minimum absolute atomic E-state index is 0.0114. The van der Waals surface area contributed by atoms with E-state index in [2.05, 4.69) is 28.5 Å². The summed E-state index contributed by atoms with van der Waals surface area (Å²) in [5.74, 6) is -0.183. The number of rotatable bonds is 5. The Kier molecular flexibility index (Phi) is 5.33. The SMILES string of the molecule is Cc1cc(NC(=O)CC[C@H]2Cc3ccccc3NC2=O)ccc1N1CCCC1. The molecule has 2 amide bonds. The van der Waals surface area contributed by atoms with Gasteiger partial charge in [0.2, 0.25) is 11.8 Å². The number of anilines is 3. The number of amides is 2. The van der Waals surface area contributed by atoms with E-state index in [-0.39, 0.29) is 17.7 Å². The first-order valence-electron chi connectivity index (χ1n) is 10.1. The molecule has 0 saturated carbocycles. The fourth-order valence-electron chi connectivity index (χ4n) is 4.22. The maximum atomic E-state index is 12.4. The zero-order chi connectivity index (χ0) is 19.5. The van der Waals surface area contributed by atoms with E-state index in [0.717, 1.165) is 30.0 Å². The average molecular weight is 377 g/mol. The summed E-state index contributed by atoms with van der Waals surface area (Å²) in [6.07, 6.45) is 4.08. The van der Waals surface area contributed by atoms with Gasteiger partial charge >= 0.3 is 0 Å². The summed E-state index contributed by atoms with van der Waals surface area (Å²) in [6.45, 7) is 4.31. The van der Waals surface area contributed by atoms with Crippen LogP contribution in [0.5, 0.6) is 0 Å². The zero-order valence-corrected chi connectivity index (χ0v) is 16.3. The Morgan fingerprint density at radius 1 is 1.18 bits per heavy atom. The van der Waals surface area contributed by atoms with Gasteiger partial charge in [0.05, 0.1) is 0 Å². The molecule has 28 heavy (non-hydrogen) atoms. The summed E-state index contributed by atoms with van der Waals surface area (Å²) in [5.41, 5.74) is 5.29. The van der Waals surface area contributed by atoms with Crippen molar-refractivity contribution >= 4 is 28.9 Å². The van der Waals surface area contributed by atoms with E-state index in [9.17, 15) is 9.59 Å². The van der Waals surface area contributed by atoms with Crippen molar-refractivity contribution in [1.29, 1.82) is 0 Å². The van der Waals surface area contributed by atoms with E-state index in [1.165, 1.54) is 24.1 Å². The van der Waals surface area contributed by atoms with Gasteiger partial charge < -0.3 is 15.5 Å². The smallest absolute Gasteiger partial charge is 0.227 e. The summed E-state index contributed by atoms with van der Waals surface area (Å²) in [4.78, 5) is 27.1. The number of nitrogens with one attached hydrogen (secondary N) is 2. The van der Waals surface area contributed by atoms with Gasteiger partial charge in [-0.1, -0.05) is 18.2 Å². The van der Waals surface area contributed by atoms with Gasteiger partial charge in [-0.15, -0.1) is 0 Å². The fourth-order valence-corrected chi connectivity index (χ4v) is 4.22. The lowest BCUT2D eigenvalue weighted by molar-refractivity contribution is -0.121. The van der Waals surface area contributed by atoms with Crippen LogP contribution in [-0.2, 0) is 16.0 Å². The summed E-state index contributed by atoms with van der Waals surface area (Å²) in [6, 6.07) is 14.0. The molecule has 5 nitrogen and oxygen atoms in total. The van der Waals surface area contributed by atoms with Gasteiger partial charge in [-0.05, 0) is 68.0 Å². The average Bonchev–Trinajstić information content (AvgIpc) is 3.21. The molecule has 0 unspecified atom stereocenters. The van der Waals surface area contributed by atoms with E-state index < -0.39 is 0 Å². The molecule has 2 aliphatic rings. The highest BCUT2D eigenvalue weighted by Crippen LogP contribution is 2.29. The van der Waals surface area contributed by atoms with E-state index in [1.54, 1.807) is 0 Å². The van der Waals surface area contributed by atoms with Crippen LogP contribution in [0.25, 0.3) is 0 Å². The molecule has 2 heterocycles. The molecule has 0 aromatic heterocycles. The molecular weight excluding hydrogens is 350 g/mol. The van der Waals surface area contributed by atoms with Crippen LogP contribution < -0.4 is 15.5 Å². The highest BCUT2D eigenvalue weighted by atomic mass is 16.2. The van der Waals surface area contributed by atoms with Crippen molar-refractivity contribution in [2.75, 3.05) is 28.6 Å². The van der Waals surface area contributed by atoms with Crippen LogP contribution in [0.3, 0.4) is 0 Å². The van der Waals surface area contributed by atoms with E-state index in [4.69, 9.17) is 0 Å². The summed E-state index contributed by atoms with van der Waals surface area (Å²) in [5, 5.41) is 5.93. The summed E-state index contributed by atoms with van der Waals surface area (Å²) in [7, 11) is 0. The summed E-state index contributed by atoms with van der Waals surface area (Å²) >= 11 is 0. The standard InChI is InChI=1S/C23H27N3O2/c1-16-14-19(9-10-21(16)26-12-4-5-13-26)24-22(27)11-8-18-15-17-6-2-3-7-20(17)25-23(18)28/h2-3,6-7,9-10,14,18H,4-5,8,11-13,15H2,1H3,(H,24,27)(H,25,28)/t18-/m0/s1. The van der Waals surface area contributed by atoms with Gasteiger partial charge in [0.1, 0.15) is 0 Å². The number of carbonyl (C=O) groups excluding carboxylic acids is 2. The number of fused-ring (bicyclic) bond motifs is 1.